The summed E-state index contributed by atoms with van der Waals surface area (Å²) in [6, 6.07) is 0. The molecule has 0 saturated carbocycles. The number of hydrogen-bond donors (Lipinski definition) is 0. The van der Waals surface area contributed by atoms with Gasteiger partial charge in [-0.05, 0) is 13.8 Å². The van der Waals surface area contributed by atoms with E-state index in [1.165, 1.54) is 11.1 Å². The van der Waals surface area contributed by atoms with Gasteiger partial charge in [-0.15, -0.1) is 0 Å². The van der Waals surface area contributed by atoms with E-state index in [2.05, 4.69) is 39.1 Å². The van der Waals surface area contributed by atoms with Crippen LogP contribution in [0.1, 0.15) is 13.8 Å². The highest BCUT2D eigenvalue weighted by molar-refractivity contribution is 14.1. The standard InChI is InChI=1S/C8H14IN/c1-7(2)5-10(9)6-8(3)4/h1,3,5-6H2,2,4H3. The Kier molecular flexibility index (Phi) is 4.99. The molecule has 0 heterocycles. The van der Waals surface area contributed by atoms with Crippen LogP contribution in [0, 0.1) is 0 Å². The summed E-state index contributed by atoms with van der Waals surface area (Å²) in [7, 11) is 0. The zero-order chi connectivity index (χ0) is 8.15. The summed E-state index contributed by atoms with van der Waals surface area (Å²) in [6.45, 7) is 13.6. The third-order valence-electron chi connectivity index (χ3n) is 0.883. The Bertz CT molecular complexity index is 124. The van der Waals surface area contributed by atoms with Crippen molar-refractivity contribution in [2.24, 2.45) is 0 Å². The van der Waals surface area contributed by atoms with E-state index in [-0.39, 0.29) is 0 Å². The minimum absolute atomic E-state index is 0.952. The van der Waals surface area contributed by atoms with Crippen LogP contribution in [0.4, 0.5) is 0 Å². The maximum atomic E-state index is 3.83. The van der Waals surface area contributed by atoms with E-state index in [0.29, 0.717) is 0 Å². The minimum atomic E-state index is 0.952. The van der Waals surface area contributed by atoms with E-state index >= 15 is 0 Å². The van der Waals surface area contributed by atoms with Gasteiger partial charge in [-0.1, -0.05) is 24.3 Å². The molecule has 0 saturated heterocycles. The molecule has 0 aliphatic rings. The third kappa shape index (κ3) is 6.29. The average Bonchev–Trinajstić information content (AvgIpc) is 1.58. The lowest BCUT2D eigenvalue weighted by Crippen LogP contribution is -2.14. The second kappa shape index (κ2) is 4.91. The lowest BCUT2D eigenvalue weighted by molar-refractivity contribution is 0.595. The van der Waals surface area contributed by atoms with E-state index in [9.17, 15) is 0 Å². The van der Waals surface area contributed by atoms with Crippen LogP contribution in [0.3, 0.4) is 0 Å². The van der Waals surface area contributed by atoms with Gasteiger partial charge in [0.25, 0.3) is 0 Å². The molecule has 1 nitrogen and oxygen atoms in total. The zero-order valence-corrected chi connectivity index (χ0v) is 8.81. The molecule has 0 aliphatic carbocycles. The van der Waals surface area contributed by atoms with Crippen LogP contribution in [0.2, 0.25) is 0 Å². The Morgan fingerprint density at radius 1 is 1.20 bits per heavy atom. The Balaban J connectivity index is 3.53. The van der Waals surface area contributed by atoms with Gasteiger partial charge in [-0.25, -0.2) is 3.11 Å². The molecule has 0 aromatic heterocycles. The van der Waals surface area contributed by atoms with Crippen molar-refractivity contribution < 1.29 is 0 Å². The second-order valence-electron chi connectivity index (χ2n) is 2.69. The van der Waals surface area contributed by atoms with Crippen molar-refractivity contribution in [3.05, 3.63) is 24.3 Å². The van der Waals surface area contributed by atoms with Gasteiger partial charge in [-0.2, -0.15) is 0 Å². The molecule has 0 rings (SSSR count). The number of hydrogen-bond acceptors (Lipinski definition) is 1. The van der Waals surface area contributed by atoms with Crippen LogP contribution in [0.5, 0.6) is 0 Å². The molecule has 58 valence electrons. The van der Waals surface area contributed by atoms with Gasteiger partial charge in [0.05, 0.1) is 0 Å². The van der Waals surface area contributed by atoms with E-state index in [4.69, 9.17) is 0 Å². The first-order chi connectivity index (χ1) is 4.52. The molecular weight excluding hydrogens is 237 g/mol. The Morgan fingerprint density at radius 3 is 1.70 bits per heavy atom. The first-order valence-corrected chi connectivity index (χ1v) is 4.18. The SMILES string of the molecule is C=C(C)CN(I)CC(=C)C. The number of halogens is 1. The molecule has 0 bridgehead atoms. The largest absolute Gasteiger partial charge is 0.239 e. The Hall–Kier alpha value is 0.170. The van der Waals surface area contributed by atoms with Crippen LogP contribution in [0.15, 0.2) is 24.3 Å². The molecule has 0 fully saturated rings. The highest BCUT2D eigenvalue weighted by atomic mass is 127. The molecule has 2 heteroatoms. The molecule has 0 aromatic carbocycles. The summed E-state index contributed by atoms with van der Waals surface area (Å²) < 4.78 is 2.17. The van der Waals surface area contributed by atoms with E-state index < -0.39 is 0 Å². The van der Waals surface area contributed by atoms with Crippen molar-refractivity contribution in [2.75, 3.05) is 13.1 Å². The monoisotopic (exact) mass is 251 g/mol. The summed E-state index contributed by atoms with van der Waals surface area (Å²) in [6.07, 6.45) is 0. The molecule has 0 aromatic rings. The molecule has 10 heavy (non-hydrogen) atoms. The van der Waals surface area contributed by atoms with Crippen molar-refractivity contribution in [3.8, 4) is 0 Å². The summed E-state index contributed by atoms with van der Waals surface area (Å²) in [5, 5.41) is 0. The van der Waals surface area contributed by atoms with Crippen LogP contribution in [-0.4, -0.2) is 16.2 Å². The number of nitrogens with zero attached hydrogens (tertiary/aromatic N) is 1. The Labute approximate surface area is 77.3 Å². The predicted molar refractivity (Wildman–Crippen MR) is 55.2 cm³/mol. The van der Waals surface area contributed by atoms with Crippen LogP contribution in [-0.2, 0) is 0 Å². The van der Waals surface area contributed by atoms with Gasteiger partial charge in [-0.3, -0.25) is 0 Å². The predicted octanol–water partition coefficient (Wildman–Crippen LogP) is 2.79. The fourth-order valence-electron chi connectivity index (χ4n) is 0.642. The number of rotatable bonds is 4. The minimum Gasteiger partial charge on any atom is -0.239 e. The fraction of sp³-hybridized carbons (Fsp3) is 0.500. The third-order valence-corrected chi connectivity index (χ3v) is 1.57. The van der Waals surface area contributed by atoms with Crippen LogP contribution < -0.4 is 0 Å². The maximum Gasteiger partial charge on any atom is 0.0289 e. The second-order valence-corrected chi connectivity index (χ2v) is 4.06. The molecular formula is C8H14IN. The molecule has 0 N–H and O–H groups in total. The molecule has 0 radical (unpaired) electrons. The van der Waals surface area contributed by atoms with Crippen LogP contribution >= 0.6 is 22.9 Å². The topological polar surface area (TPSA) is 3.24 Å². The van der Waals surface area contributed by atoms with E-state index in [0.717, 1.165) is 13.1 Å². The quantitative estimate of drug-likeness (QED) is 0.422. The van der Waals surface area contributed by atoms with Crippen molar-refractivity contribution in [3.63, 3.8) is 0 Å². The molecule has 0 aliphatic heterocycles. The lowest BCUT2D eigenvalue weighted by atomic mass is 10.3. The van der Waals surface area contributed by atoms with Crippen LogP contribution in [0.25, 0.3) is 0 Å². The normalized spacial score (nSPS) is 10.0. The van der Waals surface area contributed by atoms with Crippen molar-refractivity contribution in [1.82, 2.24) is 3.11 Å². The summed E-state index contributed by atoms with van der Waals surface area (Å²) in [5.74, 6) is 0. The smallest absolute Gasteiger partial charge is 0.0289 e. The van der Waals surface area contributed by atoms with Crippen molar-refractivity contribution >= 4 is 22.9 Å². The highest BCUT2D eigenvalue weighted by Crippen LogP contribution is 2.05. The molecule has 0 unspecified atom stereocenters. The van der Waals surface area contributed by atoms with Crippen molar-refractivity contribution in [1.29, 1.82) is 0 Å². The van der Waals surface area contributed by atoms with E-state index in [1.54, 1.807) is 0 Å². The van der Waals surface area contributed by atoms with Gasteiger partial charge in [0.15, 0.2) is 0 Å². The fourth-order valence-corrected chi connectivity index (χ4v) is 1.81. The lowest BCUT2D eigenvalue weighted by Gasteiger charge is -2.13. The van der Waals surface area contributed by atoms with Gasteiger partial charge in [0, 0.05) is 36.0 Å². The highest BCUT2D eigenvalue weighted by Gasteiger charge is 1.98. The summed E-state index contributed by atoms with van der Waals surface area (Å²) in [5.41, 5.74) is 2.38. The maximum absolute atomic E-state index is 3.83. The van der Waals surface area contributed by atoms with Crippen molar-refractivity contribution in [2.45, 2.75) is 13.8 Å². The zero-order valence-electron chi connectivity index (χ0n) is 6.65. The van der Waals surface area contributed by atoms with Gasteiger partial charge >= 0.3 is 0 Å². The first-order valence-electron chi connectivity index (χ1n) is 3.22. The Morgan fingerprint density at radius 2 is 1.50 bits per heavy atom. The van der Waals surface area contributed by atoms with Gasteiger partial charge in [0.1, 0.15) is 0 Å². The van der Waals surface area contributed by atoms with Gasteiger partial charge in [0.2, 0.25) is 0 Å². The van der Waals surface area contributed by atoms with E-state index in [1.807, 2.05) is 13.8 Å². The molecule has 0 atom stereocenters. The molecule has 0 amide bonds. The first kappa shape index (κ1) is 10.2. The molecule has 0 spiro atoms. The average molecular weight is 251 g/mol. The van der Waals surface area contributed by atoms with Gasteiger partial charge < -0.3 is 0 Å². The summed E-state index contributed by atoms with van der Waals surface area (Å²) in [4.78, 5) is 0. The summed E-state index contributed by atoms with van der Waals surface area (Å²) >= 11 is 2.28.